The van der Waals surface area contributed by atoms with Gasteiger partial charge in [-0.25, -0.2) is 9.67 Å². The van der Waals surface area contributed by atoms with Gasteiger partial charge in [0, 0.05) is 17.9 Å². The molecule has 1 aromatic rings. The van der Waals surface area contributed by atoms with Crippen molar-refractivity contribution in [3.8, 4) is 0 Å². The standard InChI is InChI=1S/C11H21BrN4/c1-4-16-11(13-9-14-16)8-15(10(2)3)7-5-6-12/h9-10H,4-8H2,1-3H3. The molecule has 0 amide bonds. The third kappa shape index (κ3) is 3.87. The van der Waals surface area contributed by atoms with Crippen LogP contribution in [0.3, 0.4) is 0 Å². The molecule has 0 fully saturated rings. The fourth-order valence-corrected chi connectivity index (χ4v) is 1.89. The van der Waals surface area contributed by atoms with Crippen LogP contribution >= 0.6 is 15.9 Å². The van der Waals surface area contributed by atoms with Crippen molar-refractivity contribution in [2.75, 3.05) is 11.9 Å². The molecule has 92 valence electrons. The largest absolute Gasteiger partial charge is 0.293 e. The molecule has 0 bridgehead atoms. The van der Waals surface area contributed by atoms with Crippen LogP contribution < -0.4 is 0 Å². The molecule has 5 heteroatoms. The molecule has 0 saturated heterocycles. The molecule has 0 aliphatic carbocycles. The summed E-state index contributed by atoms with van der Waals surface area (Å²) in [6, 6.07) is 0.543. The van der Waals surface area contributed by atoms with Gasteiger partial charge >= 0.3 is 0 Å². The second-order valence-electron chi connectivity index (χ2n) is 4.10. The molecule has 0 radical (unpaired) electrons. The zero-order chi connectivity index (χ0) is 12.0. The number of rotatable bonds is 7. The van der Waals surface area contributed by atoms with Crippen molar-refractivity contribution in [1.82, 2.24) is 19.7 Å². The maximum atomic E-state index is 4.32. The third-order valence-corrected chi connectivity index (χ3v) is 3.21. The Labute approximate surface area is 106 Å². The Morgan fingerprint density at radius 1 is 1.50 bits per heavy atom. The minimum Gasteiger partial charge on any atom is -0.293 e. The van der Waals surface area contributed by atoms with Gasteiger partial charge in [0.05, 0.1) is 6.54 Å². The van der Waals surface area contributed by atoms with Crippen molar-refractivity contribution in [2.45, 2.75) is 46.3 Å². The van der Waals surface area contributed by atoms with Gasteiger partial charge in [-0.2, -0.15) is 5.10 Å². The highest BCUT2D eigenvalue weighted by atomic mass is 79.9. The van der Waals surface area contributed by atoms with Crippen LogP contribution in [-0.2, 0) is 13.1 Å². The van der Waals surface area contributed by atoms with Crippen molar-refractivity contribution < 1.29 is 0 Å². The highest BCUT2D eigenvalue weighted by molar-refractivity contribution is 9.09. The van der Waals surface area contributed by atoms with E-state index >= 15 is 0 Å². The van der Waals surface area contributed by atoms with Crippen LogP contribution in [0.5, 0.6) is 0 Å². The normalized spacial score (nSPS) is 11.6. The van der Waals surface area contributed by atoms with E-state index < -0.39 is 0 Å². The van der Waals surface area contributed by atoms with E-state index in [1.165, 1.54) is 6.42 Å². The van der Waals surface area contributed by atoms with Gasteiger partial charge in [-0.1, -0.05) is 15.9 Å². The van der Waals surface area contributed by atoms with Gasteiger partial charge in [-0.3, -0.25) is 4.90 Å². The molecule has 0 spiro atoms. The van der Waals surface area contributed by atoms with Gasteiger partial charge in [-0.15, -0.1) is 0 Å². The first-order valence-electron chi connectivity index (χ1n) is 5.85. The predicted octanol–water partition coefficient (Wildman–Crippen LogP) is 2.29. The zero-order valence-electron chi connectivity index (χ0n) is 10.4. The second-order valence-corrected chi connectivity index (χ2v) is 4.89. The number of halogens is 1. The van der Waals surface area contributed by atoms with Crippen molar-refractivity contribution in [2.24, 2.45) is 0 Å². The Kier molecular flexibility index (Phi) is 5.98. The number of nitrogens with zero attached hydrogens (tertiary/aromatic N) is 4. The third-order valence-electron chi connectivity index (χ3n) is 2.65. The molecule has 0 aromatic carbocycles. The van der Waals surface area contributed by atoms with Crippen molar-refractivity contribution in [3.63, 3.8) is 0 Å². The van der Waals surface area contributed by atoms with Crippen LogP contribution in [0.25, 0.3) is 0 Å². The number of aryl methyl sites for hydroxylation is 1. The first kappa shape index (κ1) is 13.6. The Morgan fingerprint density at radius 2 is 2.25 bits per heavy atom. The molecule has 16 heavy (non-hydrogen) atoms. The molecule has 0 aliphatic rings. The second kappa shape index (κ2) is 7.01. The lowest BCUT2D eigenvalue weighted by atomic mass is 10.3. The Balaban J connectivity index is 2.60. The summed E-state index contributed by atoms with van der Waals surface area (Å²) in [5, 5.41) is 5.25. The average molecular weight is 289 g/mol. The van der Waals surface area contributed by atoms with Crippen LogP contribution in [0.1, 0.15) is 33.0 Å². The molecule has 0 aliphatic heterocycles. The number of alkyl halides is 1. The van der Waals surface area contributed by atoms with Crippen LogP contribution in [0, 0.1) is 0 Å². The first-order valence-corrected chi connectivity index (χ1v) is 6.97. The van der Waals surface area contributed by atoms with Gasteiger partial charge in [0.15, 0.2) is 0 Å². The monoisotopic (exact) mass is 288 g/mol. The maximum Gasteiger partial charge on any atom is 0.141 e. The summed E-state index contributed by atoms with van der Waals surface area (Å²) in [6.45, 7) is 9.41. The molecular weight excluding hydrogens is 268 g/mol. The average Bonchev–Trinajstić information content (AvgIpc) is 2.70. The number of hydrogen-bond donors (Lipinski definition) is 0. The summed E-state index contributed by atoms with van der Waals surface area (Å²) in [4.78, 5) is 6.74. The van der Waals surface area contributed by atoms with Gasteiger partial charge in [-0.05, 0) is 33.7 Å². The molecule has 1 heterocycles. The molecule has 0 N–H and O–H groups in total. The van der Waals surface area contributed by atoms with Crippen molar-refractivity contribution in [1.29, 1.82) is 0 Å². The predicted molar refractivity (Wildman–Crippen MR) is 69.7 cm³/mol. The smallest absolute Gasteiger partial charge is 0.141 e. The topological polar surface area (TPSA) is 34.0 Å². The van der Waals surface area contributed by atoms with Gasteiger partial charge in [0.2, 0.25) is 0 Å². The van der Waals surface area contributed by atoms with E-state index in [0.29, 0.717) is 6.04 Å². The quantitative estimate of drug-likeness (QED) is 0.722. The van der Waals surface area contributed by atoms with Crippen molar-refractivity contribution >= 4 is 15.9 Å². The van der Waals surface area contributed by atoms with E-state index in [9.17, 15) is 0 Å². The van der Waals surface area contributed by atoms with Gasteiger partial charge in [0.25, 0.3) is 0 Å². The summed E-state index contributed by atoms with van der Waals surface area (Å²) in [5.41, 5.74) is 0. The van der Waals surface area contributed by atoms with Gasteiger partial charge in [0.1, 0.15) is 12.2 Å². The lowest BCUT2D eigenvalue weighted by Gasteiger charge is -2.25. The molecule has 0 atom stereocenters. The maximum absolute atomic E-state index is 4.32. The number of aromatic nitrogens is 3. The minimum absolute atomic E-state index is 0.543. The van der Waals surface area contributed by atoms with E-state index in [1.54, 1.807) is 6.33 Å². The molecule has 4 nitrogen and oxygen atoms in total. The number of hydrogen-bond acceptors (Lipinski definition) is 3. The molecule has 0 unspecified atom stereocenters. The summed E-state index contributed by atoms with van der Waals surface area (Å²) >= 11 is 3.47. The minimum atomic E-state index is 0.543. The highest BCUT2D eigenvalue weighted by Gasteiger charge is 2.12. The Bertz CT molecular complexity index is 298. The molecule has 1 aromatic heterocycles. The van der Waals surface area contributed by atoms with Crippen LogP contribution in [-0.4, -0.2) is 37.6 Å². The molecule has 0 saturated carbocycles. The molecule has 1 rings (SSSR count). The summed E-state index contributed by atoms with van der Waals surface area (Å²) < 4.78 is 1.96. The summed E-state index contributed by atoms with van der Waals surface area (Å²) in [5.74, 6) is 1.06. The fraction of sp³-hybridized carbons (Fsp3) is 0.818. The lowest BCUT2D eigenvalue weighted by Crippen LogP contribution is -2.32. The van der Waals surface area contributed by atoms with E-state index in [4.69, 9.17) is 0 Å². The van der Waals surface area contributed by atoms with Crippen LogP contribution in [0.15, 0.2) is 6.33 Å². The highest BCUT2D eigenvalue weighted by Crippen LogP contribution is 2.07. The Hall–Kier alpha value is -0.420. The first-order chi connectivity index (χ1) is 7.69. The zero-order valence-corrected chi connectivity index (χ0v) is 11.9. The van der Waals surface area contributed by atoms with Crippen LogP contribution in [0.4, 0.5) is 0 Å². The molecular formula is C11H21BrN4. The van der Waals surface area contributed by atoms with Gasteiger partial charge < -0.3 is 0 Å². The Morgan fingerprint density at radius 3 is 2.81 bits per heavy atom. The van der Waals surface area contributed by atoms with Crippen LogP contribution in [0.2, 0.25) is 0 Å². The lowest BCUT2D eigenvalue weighted by molar-refractivity contribution is 0.205. The SMILES string of the molecule is CCn1ncnc1CN(CCCBr)C(C)C. The van der Waals surface area contributed by atoms with E-state index in [0.717, 1.165) is 30.8 Å². The van der Waals surface area contributed by atoms with E-state index in [1.807, 2.05) is 4.68 Å². The summed E-state index contributed by atoms with van der Waals surface area (Å²) in [6.07, 6.45) is 2.81. The fourth-order valence-electron chi connectivity index (χ4n) is 1.64. The van der Waals surface area contributed by atoms with Crippen molar-refractivity contribution in [3.05, 3.63) is 12.2 Å². The summed E-state index contributed by atoms with van der Waals surface area (Å²) in [7, 11) is 0. The van der Waals surface area contributed by atoms with E-state index in [2.05, 4.69) is 51.7 Å². The van der Waals surface area contributed by atoms with E-state index in [-0.39, 0.29) is 0 Å².